The maximum absolute atomic E-state index is 13.1. The van der Waals surface area contributed by atoms with Gasteiger partial charge >= 0.3 is 17.9 Å². The third-order valence-corrected chi connectivity index (χ3v) is 9.87. The number of carbonyl (C=O) groups is 3. The summed E-state index contributed by atoms with van der Waals surface area (Å²) >= 11 is 0. The average molecular weight is 719 g/mol. The second-order valence-corrected chi connectivity index (χ2v) is 12.5. The highest BCUT2D eigenvalue weighted by Crippen LogP contribution is 2.43. The third-order valence-electron chi connectivity index (χ3n) is 9.87. The van der Waals surface area contributed by atoms with Crippen molar-refractivity contribution in [2.45, 2.75) is 118 Å². The van der Waals surface area contributed by atoms with Crippen LogP contribution in [0.1, 0.15) is 108 Å². The molecule has 1 N–H and O–H groups in total. The summed E-state index contributed by atoms with van der Waals surface area (Å²) in [5, 5.41) is 10.7. The minimum Gasteiger partial charge on any atom is -0.466 e. The number of esters is 3. The molecule has 0 saturated carbocycles. The quantitative estimate of drug-likeness (QED) is 0.327. The van der Waals surface area contributed by atoms with E-state index in [0.717, 1.165) is 0 Å². The number of hydrogen-bond acceptors (Lipinski definition) is 13. The summed E-state index contributed by atoms with van der Waals surface area (Å²) in [4.78, 5) is 61.6. The summed E-state index contributed by atoms with van der Waals surface area (Å²) in [7, 11) is 0. The van der Waals surface area contributed by atoms with Crippen LogP contribution in [0.25, 0.3) is 0 Å². The second-order valence-electron chi connectivity index (χ2n) is 12.5. The van der Waals surface area contributed by atoms with E-state index in [2.05, 4.69) is 0 Å². The molecule has 7 heterocycles. The van der Waals surface area contributed by atoms with Crippen LogP contribution in [0.2, 0.25) is 0 Å². The van der Waals surface area contributed by atoms with Gasteiger partial charge in [0.2, 0.25) is 11.6 Å². The minimum atomic E-state index is -1.79. The molecule has 2 aromatic heterocycles. The number of rotatable bonds is 7. The predicted octanol–water partition coefficient (Wildman–Crippen LogP) is 2.95. The fourth-order valence-corrected chi connectivity index (χ4v) is 7.34. The Bertz CT molecular complexity index is 1770. The Hall–Kier alpha value is -3.89. The van der Waals surface area contributed by atoms with Gasteiger partial charge in [-0.25, -0.2) is 4.79 Å². The monoisotopic (exact) mass is 718 g/mol. The van der Waals surface area contributed by atoms with Crippen molar-refractivity contribution in [2.24, 2.45) is 0 Å². The van der Waals surface area contributed by atoms with Crippen LogP contribution in [0, 0.1) is 0 Å². The number of ether oxygens (including phenoxy) is 7. The normalized spacial score (nSPS) is 22.0. The van der Waals surface area contributed by atoms with E-state index in [1.807, 2.05) is 6.92 Å². The molecule has 282 valence electrons. The van der Waals surface area contributed by atoms with Gasteiger partial charge in [0, 0.05) is 38.4 Å². The van der Waals surface area contributed by atoms with Gasteiger partial charge < -0.3 is 47.4 Å². The number of hydrogen-bond donors (Lipinski definition) is 1. The SMILES string of the molecule is C.C.CCC1(O)C(=O)OCc2c1cc1n(c2=O)CCC12OCCO2.CCOC(=O)C(CC)c1cc2n(c(=O)c1COC(C)=O)CCC21OCCO1. The lowest BCUT2D eigenvalue weighted by molar-refractivity contribution is -0.173. The molecule has 7 rings (SSSR count). The zero-order valence-electron chi connectivity index (χ0n) is 28.2. The van der Waals surface area contributed by atoms with Crippen molar-refractivity contribution in [2.75, 3.05) is 33.0 Å². The number of nitrogens with zero attached hydrogens (tertiary/aromatic N) is 2. The Kier molecular flexibility index (Phi) is 12.0. The highest BCUT2D eigenvalue weighted by atomic mass is 16.7. The average Bonchev–Trinajstić information content (AvgIpc) is 3.90. The van der Waals surface area contributed by atoms with Crippen molar-refractivity contribution in [3.63, 3.8) is 0 Å². The Morgan fingerprint density at radius 2 is 1.41 bits per heavy atom. The molecule has 5 aliphatic heterocycles. The molecular formula is C36H50N2O13. The van der Waals surface area contributed by atoms with Gasteiger partial charge in [-0.05, 0) is 37.5 Å². The number of cyclic esters (lactones) is 1. The fraction of sp³-hybridized carbons (Fsp3) is 0.639. The first-order chi connectivity index (χ1) is 23.4. The molecule has 2 atom stereocenters. The van der Waals surface area contributed by atoms with E-state index < -0.39 is 41.0 Å². The number of pyridine rings is 2. The van der Waals surface area contributed by atoms with E-state index >= 15 is 0 Å². The summed E-state index contributed by atoms with van der Waals surface area (Å²) in [5.74, 6) is -4.12. The summed E-state index contributed by atoms with van der Waals surface area (Å²) in [6, 6.07) is 3.46. The standard InChI is InChI=1S/C19H25NO7.C15H17NO6.2CH4/c1-4-13(18(23)24-5-2)14-10-16-19(26-8-9-27-19)6-7-20(16)17(22)15(14)11-25-12(3)21;1-2-14(19)10-7-11-15(21-5-6-22-15)3-4-16(11)12(17)9(10)8-20-13(14)18;;/h10,13H,4-9,11H2,1-3H3;7,19H,2-6,8H2,1H3;2*1H4. The zero-order chi connectivity index (χ0) is 35.1. The smallest absolute Gasteiger partial charge is 0.343 e. The Morgan fingerprint density at radius 3 is 1.92 bits per heavy atom. The molecule has 5 aliphatic rings. The predicted molar refractivity (Wildman–Crippen MR) is 180 cm³/mol. The first-order valence-corrected chi connectivity index (χ1v) is 16.8. The first kappa shape index (κ1) is 39.9. The van der Waals surface area contributed by atoms with Gasteiger partial charge in [0.05, 0.1) is 61.5 Å². The lowest BCUT2D eigenvalue weighted by Gasteiger charge is -2.32. The van der Waals surface area contributed by atoms with Crippen LogP contribution in [-0.4, -0.2) is 65.2 Å². The molecule has 15 nitrogen and oxygen atoms in total. The van der Waals surface area contributed by atoms with Gasteiger partial charge in [0.1, 0.15) is 13.2 Å². The van der Waals surface area contributed by atoms with Crippen LogP contribution < -0.4 is 11.1 Å². The van der Waals surface area contributed by atoms with Gasteiger partial charge in [-0.1, -0.05) is 28.7 Å². The molecule has 2 unspecified atom stereocenters. The summed E-state index contributed by atoms with van der Waals surface area (Å²) in [5.41, 5.74) is 0.323. The van der Waals surface area contributed by atoms with Crippen LogP contribution in [0.15, 0.2) is 21.7 Å². The topological polar surface area (TPSA) is 180 Å². The van der Waals surface area contributed by atoms with Gasteiger partial charge in [0.15, 0.2) is 5.60 Å². The summed E-state index contributed by atoms with van der Waals surface area (Å²) < 4.78 is 41.5. The highest BCUT2D eigenvalue weighted by molar-refractivity contribution is 5.83. The zero-order valence-corrected chi connectivity index (χ0v) is 28.2. The lowest BCUT2D eigenvalue weighted by Crippen LogP contribution is -2.45. The van der Waals surface area contributed by atoms with Gasteiger partial charge in [-0.3, -0.25) is 19.2 Å². The molecule has 0 amide bonds. The van der Waals surface area contributed by atoms with Gasteiger partial charge in [-0.2, -0.15) is 0 Å². The van der Waals surface area contributed by atoms with Gasteiger partial charge in [-0.15, -0.1) is 0 Å². The second kappa shape index (κ2) is 15.4. The molecule has 0 aromatic carbocycles. The largest absolute Gasteiger partial charge is 0.466 e. The molecule has 0 radical (unpaired) electrons. The number of aliphatic hydroxyl groups is 1. The molecule has 2 saturated heterocycles. The molecule has 2 aromatic rings. The molecular weight excluding hydrogens is 668 g/mol. The van der Waals surface area contributed by atoms with Crippen LogP contribution in [0.4, 0.5) is 0 Å². The van der Waals surface area contributed by atoms with Gasteiger partial charge in [0.25, 0.3) is 11.1 Å². The molecule has 0 aliphatic carbocycles. The summed E-state index contributed by atoms with van der Waals surface area (Å²) in [6.45, 7) is 9.25. The highest BCUT2D eigenvalue weighted by Gasteiger charge is 2.50. The molecule has 2 fully saturated rings. The minimum absolute atomic E-state index is 0. The van der Waals surface area contributed by atoms with Crippen LogP contribution in [0.3, 0.4) is 0 Å². The van der Waals surface area contributed by atoms with Crippen molar-refractivity contribution >= 4 is 17.9 Å². The fourth-order valence-electron chi connectivity index (χ4n) is 7.34. The van der Waals surface area contributed by atoms with E-state index in [-0.39, 0.29) is 52.2 Å². The Morgan fingerprint density at radius 1 is 0.863 bits per heavy atom. The van der Waals surface area contributed by atoms with Crippen molar-refractivity contribution in [1.82, 2.24) is 9.13 Å². The van der Waals surface area contributed by atoms with E-state index in [0.29, 0.717) is 92.4 Å². The first-order valence-electron chi connectivity index (χ1n) is 16.8. The Balaban J connectivity index is 0.000000224. The molecule has 51 heavy (non-hydrogen) atoms. The number of carbonyl (C=O) groups excluding carboxylic acids is 3. The van der Waals surface area contributed by atoms with E-state index in [4.69, 9.17) is 33.2 Å². The number of aromatic nitrogens is 2. The summed E-state index contributed by atoms with van der Waals surface area (Å²) in [6.07, 6.45) is 1.65. The third kappa shape index (κ3) is 6.65. The lowest BCUT2D eigenvalue weighted by atomic mass is 9.85. The van der Waals surface area contributed by atoms with E-state index in [1.165, 1.54) is 6.92 Å². The molecule has 0 bridgehead atoms. The maximum Gasteiger partial charge on any atom is 0.343 e. The Labute approximate surface area is 296 Å². The number of fused-ring (bicyclic) bond motifs is 5. The van der Waals surface area contributed by atoms with Crippen LogP contribution >= 0.6 is 0 Å². The van der Waals surface area contributed by atoms with Crippen molar-refractivity contribution < 1.29 is 52.6 Å². The van der Waals surface area contributed by atoms with Crippen LogP contribution in [0.5, 0.6) is 0 Å². The molecule has 2 spiro atoms. The van der Waals surface area contributed by atoms with E-state index in [1.54, 1.807) is 35.1 Å². The van der Waals surface area contributed by atoms with Crippen molar-refractivity contribution in [1.29, 1.82) is 0 Å². The maximum atomic E-state index is 13.1. The molecule has 15 heteroatoms. The van der Waals surface area contributed by atoms with E-state index in [9.17, 15) is 29.1 Å². The van der Waals surface area contributed by atoms with Crippen molar-refractivity contribution in [3.05, 3.63) is 66.5 Å². The van der Waals surface area contributed by atoms with Crippen LogP contribution in [-0.2, 0) is 91.0 Å². The van der Waals surface area contributed by atoms with Crippen molar-refractivity contribution in [3.8, 4) is 0 Å².